The van der Waals surface area contributed by atoms with Crippen molar-refractivity contribution in [3.63, 3.8) is 0 Å². The topological polar surface area (TPSA) is 43.6 Å². The maximum Gasteiger partial charge on any atom is 0.214 e. The monoisotopic (exact) mass is 380 g/mol. The lowest BCUT2D eigenvalue weighted by molar-refractivity contribution is 0.760. The number of hydrogen-bond donors (Lipinski definition) is 0. The molecular formula is C20H17ClN4S. The molecule has 0 radical (unpaired) electrons. The molecule has 0 saturated heterocycles. The van der Waals surface area contributed by atoms with Gasteiger partial charge in [0.2, 0.25) is 5.16 Å². The Hall–Kier alpha value is -2.37. The maximum atomic E-state index is 6.22. The van der Waals surface area contributed by atoms with Crippen LogP contribution in [0.2, 0.25) is 5.02 Å². The predicted octanol–water partition coefficient (Wildman–Crippen LogP) is 5.19. The van der Waals surface area contributed by atoms with E-state index in [4.69, 9.17) is 11.6 Å². The summed E-state index contributed by atoms with van der Waals surface area (Å²) in [4.78, 5) is 0. The first kappa shape index (κ1) is 17.1. The number of tetrazole rings is 1. The molecule has 0 bridgehead atoms. The summed E-state index contributed by atoms with van der Waals surface area (Å²) >= 11 is 7.89. The van der Waals surface area contributed by atoms with Gasteiger partial charge in [-0.2, -0.15) is 4.68 Å². The Morgan fingerprint density at radius 1 is 0.923 bits per heavy atom. The summed E-state index contributed by atoms with van der Waals surface area (Å²) in [5.41, 5.74) is 2.19. The zero-order chi connectivity index (χ0) is 17.8. The summed E-state index contributed by atoms with van der Waals surface area (Å²) in [6, 6.07) is 22.4. The van der Waals surface area contributed by atoms with E-state index in [1.807, 2.05) is 47.1 Å². The van der Waals surface area contributed by atoms with Crippen LogP contribution in [0, 0.1) is 0 Å². The lowest BCUT2D eigenvalue weighted by Crippen LogP contribution is -2.00. The highest BCUT2D eigenvalue weighted by Crippen LogP contribution is 2.26. The van der Waals surface area contributed by atoms with Crippen molar-refractivity contribution in [1.29, 1.82) is 0 Å². The number of rotatable bonds is 6. The first-order valence-corrected chi connectivity index (χ1v) is 9.82. The first-order valence-electron chi connectivity index (χ1n) is 8.45. The average Bonchev–Trinajstić information content (AvgIpc) is 3.14. The molecule has 0 atom stereocenters. The second kappa shape index (κ2) is 7.89. The molecular weight excluding hydrogens is 364 g/mol. The Morgan fingerprint density at radius 3 is 2.65 bits per heavy atom. The molecule has 0 spiro atoms. The SMILES string of the molecule is Clc1ccccc1CCCSc1nnnn1-c1cccc2ccccc12. The molecule has 0 aliphatic rings. The second-order valence-corrected chi connectivity index (χ2v) is 7.38. The fourth-order valence-electron chi connectivity index (χ4n) is 2.94. The van der Waals surface area contributed by atoms with Gasteiger partial charge >= 0.3 is 0 Å². The van der Waals surface area contributed by atoms with Gasteiger partial charge < -0.3 is 0 Å². The van der Waals surface area contributed by atoms with Gasteiger partial charge in [-0.25, -0.2) is 0 Å². The van der Waals surface area contributed by atoms with Gasteiger partial charge in [0.1, 0.15) is 0 Å². The Kier molecular flexibility index (Phi) is 5.18. The Balaban J connectivity index is 1.48. The second-order valence-electron chi connectivity index (χ2n) is 5.91. The van der Waals surface area contributed by atoms with Crippen molar-refractivity contribution in [3.8, 4) is 5.69 Å². The van der Waals surface area contributed by atoms with Gasteiger partial charge in [-0.15, -0.1) is 5.10 Å². The summed E-state index contributed by atoms with van der Waals surface area (Å²) in [6.07, 6.45) is 1.96. The quantitative estimate of drug-likeness (QED) is 0.341. The van der Waals surface area contributed by atoms with Crippen molar-refractivity contribution < 1.29 is 0 Å². The van der Waals surface area contributed by atoms with Crippen molar-refractivity contribution in [1.82, 2.24) is 20.2 Å². The van der Waals surface area contributed by atoms with Gasteiger partial charge in [0.05, 0.1) is 5.69 Å². The maximum absolute atomic E-state index is 6.22. The molecule has 0 aliphatic carbocycles. The fourth-order valence-corrected chi connectivity index (χ4v) is 3.99. The van der Waals surface area contributed by atoms with Gasteiger partial charge in [-0.3, -0.25) is 0 Å². The van der Waals surface area contributed by atoms with E-state index in [1.54, 1.807) is 11.8 Å². The third-order valence-corrected chi connectivity index (χ3v) is 5.59. The zero-order valence-electron chi connectivity index (χ0n) is 14.0. The lowest BCUT2D eigenvalue weighted by Gasteiger charge is -2.08. The highest BCUT2D eigenvalue weighted by molar-refractivity contribution is 7.99. The van der Waals surface area contributed by atoms with Crippen LogP contribution >= 0.6 is 23.4 Å². The van der Waals surface area contributed by atoms with Crippen molar-refractivity contribution in [3.05, 3.63) is 77.3 Å². The molecule has 4 nitrogen and oxygen atoms in total. The largest absolute Gasteiger partial charge is 0.214 e. The van der Waals surface area contributed by atoms with E-state index in [-0.39, 0.29) is 0 Å². The lowest BCUT2D eigenvalue weighted by atomic mass is 10.1. The summed E-state index contributed by atoms with van der Waals surface area (Å²) < 4.78 is 1.82. The minimum absolute atomic E-state index is 0.806. The molecule has 3 aromatic carbocycles. The van der Waals surface area contributed by atoms with Gasteiger partial charge in [-0.1, -0.05) is 78.0 Å². The normalized spacial score (nSPS) is 11.1. The van der Waals surface area contributed by atoms with Gasteiger partial charge in [0, 0.05) is 16.2 Å². The standard InChI is InChI=1S/C20H17ClN4S/c21-18-12-4-2-8-16(18)10-6-14-26-20-22-23-24-25(20)19-13-5-9-15-7-1-3-11-17(15)19/h1-5,7-9,11-13H,6,10,14H2. The molecule has 0 fully saturated rings. The molecule has 4 aromatic rings. The number of aryl methyl sites for hydroxylation is 1. The van der Waals surface area contributed by atoms with Crippen LogP contribution in [0.3, 0.4) is 0 Å². The van der Waals surface area contributed by atoms with Crippen LogP contribution in [0.1, 0.15) is 12.0 Å². The smallest absolute Gasteiger partial charge is 0.187 e. The highest BCUT2D eigenvalue weighted by Gasteiger charge is 2.11. The summed E-state index contributed by atoms with van der Waals surface area (Å²) in [7, 11) is 0. The minimum atomic E-state index is 0.806. The van der Waals surface area contributed by atoms with E-state index in [2.05, 4.69) is 39.8 Å². The van der Waals surface area contributed by atoms with Crippen molar-refractivity contribution >= 4 is 34.1 Å². The molecule has 6 heteroatoms. The van der Waals surface area contributed by atoms with E-state index in [0.717, 1.165) is 39.8 Å². The number of thioether (sulfide) groups is 1. The minimum Gasteiger partial charge on any atom is -0.187 e. The van der Waals surface area contributed by atoms with Gasteiger partial charge in [0.25, 0.3) is 0 Å². The average molecular weight is 381 g/mol. The number of halogens is 1. The van der Waals surface area contributed by atoms with Crippen LogP contribution in [0.5, 0.6) is 0 Å². The Bertz CT molecular complexity index is 1030. The van der Waals surface area contributed by atoms with Crippen LogP contribution in [0.25, 0.3) is 16.5 Å². The molecule has 130 valence electrons. The fraction of sp³-hybridized carbons (Fsp3) is 0.150. The van der Waals surface area contributed by atoms with Gasteiger partial charge in [-0.05, 0) is 46.4 Å². The highest BCUT2D eigenvalue weighted by atomic mass is 35.5. The number of fused-ring (bicyclic) bond motifs is 1. The molecule has 0 amide bonds. The van der Waals surface area contributed by atoms with Gasteiger partial charge in [0.15, 0.2) is 0 Å². The van der Waals surface area contributed by atoms with Crippen molar-refractivity contribution in [2.75, 3.05) is 5.75 Å². The van der Waals surface area contributed by atoms with Crippen molar-refractivity contribution in [2.45, 2.75) is 18.0 Å². The van der Waals surface area contributed by atoms with Crippen LogP contribution < -0.4 is 0 Å². The predicted molar refractivity (Wildman–Crippen MR) is 107 cm³/mol. The molecule has 4 rings (SSSR count). The molecule has 0 N–H and O–H groups in total. The number of benzene rings is 3. The molecule has 26 heavy (non-hydrogen) atoms. The number of aromatic nitrogens is 4. The van der Waals surface area contributed by atoms with Crippen LogP contribution in [-0.4, -0.2) is 26.0 Å². The molecule has 1 heterocycles. The van der Waals surface area contributed by atoms with E-state index < -0.39 is 0 Å². The third kappa shape index (κ3) is 3.59. The van der Waals surface area contributed by atoms with Crippen LogP contribution in [0.4, 0.5) is 0 Å². The van der Waals surface area contributed by atoms with Crippen LogP contribution in [0.15, 0.2) is 71.9 Å². The Labute approximate surface area is 161 Å². The van der Waals surface area contributed by atoms with E-state index in [9.17, 15) is 0 Å². The van der Waals surface area contributed by atoms with E-state index in [0.29, 0.717) is 0 Å². The summed E-state index contributed by atoms with van der Waals surface area (Å²) in [5.74, 6) is 0.927. The first-order chi connectivity index (χ1) is 12.8. The summed E-state index contributed by atoms with van der Waals surface area (Å²) in [6.45, 7) is 0. The molecule has 1 aromatic heterocycles. The zero-order valence-corrected chi connectivity index (χ0v) is 15.6. The molecule has 0 unspecified atom stereocenters. The van der Waals surface area contributed by atoms with Crippen molar-refractivity contribution in [2.24, 2.45) is 0 Å². The van der Waals surface area contributed by atoms with Crippen LogP contribution in [-0.2, 0) is 6.42 Å². The Morgan fingerprint density at radius 2 is 1.73 bits per heavy atom. The number of nitrogens with zero attached hydrogens (tertiary/aromatic N) is 4. The molecule has 0 aliphatic heterocycles. The molecule has 0 saturated carbocycles. The number of hydrogen-bond acceptors (Lipinski definition) is 4. The van der Waals surface area contributed by atoms with E-state index in [1.165, 1.54) is 10.9 Å². The summed E-state index contributed by atoms with van der Waals surface area (Å²) in [5, 5.41) is 16.2. The third-order valence-electron chi connectivity index (χ3n) is 4.22. The van der Waals surface area contributed by atoms with E-state index >= 15 is 0 Å².